The lowest BCUT2D eigenvalue weighted by molar-refractivity contribution is 0.133. The number of aliphatic hydroxyl groups is 1. The van der Waals surface area contributed by atoms with Crippen LogP contribution in [0.15, 0.2) is 36.4 Å². The molecule has 0 saturated heterocycles. The molecule has 0 saturated carbocycles. The van der Waals surface area contributed by atoms with E-state index in [2.05, 4.69) is 0 Å². The molecule has 0 bridgehead atoms. The van der Waals surface area contributed by atoms with Crippen molar-refractivity contribution < 1.29 is 5.11 Å². The Hall–Kier alpha value is -1.08. The summed E-state index contributed by atoms with van der Waals surface area (Å²) >= 11 is 0. The molecule has 0 radical (unpaired) electrons. The molecule has 0 aromatic heterocycles. The Kier molecular flexibility index (Phi) is 2.89. The van der Waals surface area contributed by atoms with Crippen molar-refractivity contribution in [3.63, 3.8) is 0 Å². The predicted molar refractivity (Wildman–Crippen MR) is 56.4 cm³/mol. The molecular formula is C12H16O. The number of benzene rings is 1. The van der Waals surface area contributed by atoms with Crippen molar-refractivity contribution in [3.8, 4) is 0 Å². The Morgan fingerprint density at radius 2 is 1.77 bits per heavy atom. The van der Waals surface area contributed by atoms with E-state index in [4.69, 9.17) is 0 Å². The lowest BCUT2D eigenvalue weighted by Gasteiger charge is -2.13. The van der Waals surface area contributed by atoms with Crippen LogP contribution in [0.25, 0.3) is 5.57 Å². The van der Waals surface area contributed by atoms with E-state index in [1.54, 1.807) is 13.8 Å². The van der Waals surface area contributed by atoms with Crippen LogP contribution < -0.4 is 0 Å². The van der Waals surface area contributed by atoms with Crippen LogP contribution in [0.5, 0.6) is 0 Å². The molecule has 1 rings (SSSR count). The van der Waals surface area contributed by atoms with E-state index in [0.717, 1.165) is 11.1 Å². The molecule has 1 aromatic rings. The summed E-state index contributed by atoms with van der Waals surface area (Å²) < 4.78 is 0. The first-order valence-corrected chi connectivity index (χ1v) is 4.46. The van der Waals surface area contributed by atoms with Crippen LogP contribution in [0.1, 0.15) is 26.3 Å². The highest BCUT2D eigenvalue weighted by atomic mass is 16.3. The Balaban J connectivity index is 2.92. The zero-order valence-electron chi connectivity index (χ0n) is 8.41. The highest BCUT2D eigenvalue weighted by molar-refractivity contribution is 5.64. The summed E-state index contributed by atoms with van der Waals surface area (Å²) in [5, 5.41) is 9.57. The molecule has 1 N–H and O–H groups in total. The molecule has 0 amide bonds. The van der Waals surface area contributed by atoms with Gasteiger partial charge < -0.3 is 5.11 Å². The third kappa shape index (κ3) is 3.43. The fourth-order valence-electron chi connectivity index (χ4n) is 1.31. The van der Waals surface area contributed by atoms with Crippen molar-refractivity contribution in [2.24, 2.45) is 0 Å². The van der Waals surface area contributed by atoms with Gasteiger partial charge in [0.2, 0.25) is 0 Å². The minimum Gasteiger partial charge on any atom is -0.386 e. The second kappa shape index (κ2) is 3.75. The number of hydrogen-bond donors (Lipinski definition) is 1. The van der Waals surface area contributed by atoms with E-state index >= 15 is 0 Å². The van der Waals surface area contributed by atoms with Crippen LogP contribution in [0.3, 0.4) is 0 Å². The van der Waals surface area contributed by atoms with Crippen molar-refractivity contribution >= 4 is 5.57 Å². The SMILES string of the molecule is C/C(=C\C(C)(C)O)c1ccccc1. The minimum atomic E-state index is -0.736. The van der Waals surface area contributed by atoms with Gasteiger partial charge in [0.05, 0.1) is 5.60 Å². The summed E-state index contributed by atoms with van der Waals surface area (Å²) in [6.07, 6.45) is 1.86. The quantitative estimate of drug-likeness (QED) is 0.734. The fraction of sp³-hybridized carbons (Fsp3) is 0.333. The normalized spacial score (nSPS) is 13.1. The maximum absolute atomic E-state index is 9.57. The summed E-state index contributed by atoms with van der Waals surface area (Å²) in [5.41, 5.74) is 1.53. The van der Waals surface area contributed by atoms with Gasteiger partial charge in [-0.15, -0.1) is 0 Å². The molecule has 0 aliphatic heterocycles. The first kappa shape index (κ1) is 10.0. The molecule has 0 aliphatic rings. The zero-order valence-corrected chi connectivity index (χ0v) is 8.41. The van der Waals surface area contributed by atoms with Gasteiger partial charge in [-0.25, -0.2) is 0 Å². The lowest BCUT2D eigenvalue weighted by atomic mass is 10.0. The van der Waals surface area contributed by atoms with Crippen molar-refractivity contribution in [2.75, 3.05) is 0 Å². The Morgan fingerprint density at radius 3 is 2.23 bits per heavy atom. The van der Waals surface area contributed by atoms with Crippen molar-refractivity contribution in [3.05, 3.63) is 42.0 Å². The first-order chi connectivity index (χ1) is 5.99. The van der Waals surface area contributed by atoms with Gasteiger partial charge in [0, 0.05) is 0 Å². The van der Waals surface area contributed by atoms with Gasteiger partial charge in [-0.1, -0.05) is 36.4 Å². The zero-order chi connectivity index (χ0) is 9.90. The molecule has 0 atom stereocenters. The smallest absolute Gasteiger partial charge is 0.0777 e. The summed E-state index contributed by atoms with van der Waals surface area (Å²) in [6, 6.07) is 10.1. The van der Waals surface area contributed by atoms with E-state index in [9.17, 15) is 5.11 Å². The maximum Gasteiger partial charge on any atom is 0.0777 e. The van der Waals surface area contributed by atoms with Crippen LogP contribution in [-0.2, 0) is 0 Å². The monoisotopic (exact) mass is 176 g/mol. The molecule has 13 heavy (non-hydrogen) atoms. The Bertz CT molecular complexity index is 291. The van der Waals surface area contributed by atoms with Gasteiger partial charge in [0.1, 0.15) is 0 Å². The third-order valence-corrected chi connectivity index (χ3v) is 1.80. The Morgan fingerprint density at radius 1 is 1.23 bits per heavy atom. The molecule has 0 spiro atoms. The highest BCUT2D eigenvalue weighted by Gasteiger charge is 2.08. The second-order valence-electron chi connectivity index (χ2n) is 3.85. The molecule has 1 aromatic carbocycles. The van der Waals surface area contributed by atoms with E-state index in [-0.39, 0.29) is 0 Å². The highest BCUT2D eigenvalue weighted by Crippen LogP contribution is 2.17. The predicted octanol–water partition coefficient (Wildman–Crippen LogP) is 2.86. The molecule has 0 heterocycles. The molecule has 0 unspecified atom stereocenters. The van der Waals surface area contributed by atoms with E-state index in [1.165, 1.54) is 0 Å². The summed E-state index contributed by atoms with van der Waals surface area (Å²) in [7, 11) is 0. The third-order valence-electron chi connectivity index (χ3n) is 1.80. The van der Waals surface area contributed by atoms with E-state index < -0.39 is 5.60 Å². The minimum absolute atomic E-state index is 0.736. The van der Waals surface area contributed by atoms with E-state index in [0.29, 0.717) is 0 Å². The molecule has 70 valence electrons. The fourth-order valence-corrected chi connectivity index (χ4v) is 1.31. The maximum atomic E-state index is 9.57. The molecular weight excluding hydrogens is 160 g/mol. The Labute approximate surface area is 79.7 Å². The molecule has 0 aliphatic carbocycles. The van der Waals surface area contributed by atoms with Gasteiger partial charge >= 0.3 is 0 Å². The lowest BCUT2D eigenvalue weighted by Crippen LogP contribution is -2.14. The standard InChI is InChI=1S/C12H16O/c1-10(9-12(2,3)13)11-7-5-4-6-8-11/h4-9,13H,1-3H3/b10-9+. The van der Waals surface area contributed by atoms with Crippen LogP contribution in [-0.4, -0.2) is 10.7 Å². The van der Waals surface area contributed by atoms with Gasteiger partial charge in [-0.05, 0) is 31.9 Å². The first-order valence-electron chi connectivity index (χ1n) is 4.46. The molecule has 1 nitrogen and oxygen atoms in total. The summed E-state index contributed by atoms with van der Waals surface area (Å²) in [5.74, 6) is 0. The van der Waals surface area contributed by atoms with E-state index in [1.807, 2.05) is 43.3 Å². The van der Waals surface area contributed by atoms with Crippen LogP contribution in [0.4, 0.5) is 0 Å². The number of hydrogen-bond acceptors (Lipinski definition) is 1. The van der Waals surface area contributed by atoms with Crippen LogP contribution in [0, 0.1) is 0 Å². The summed E-state index contributed by atoms with van der Waals surface area (Å²) in [4.78, 5) is 0. The van der Waals surface area contributed by atoms with Crippen LogP contribution in [0.2, 0.25) is 0 Å². The van der Waals surface area contributed by atoms with Crippen LogP contribution >= 0.6 is 0 Å². The van der Waals surface area contributed by atoms with Crippen molar-refractivity contribution in [1.82, 2.24) is 0 Å². The number of allylic oxidation sites excluding steroid dienone is 1. The topological polar surface area (TPSA) is 20.2 Å². The van der Waals surface area contributed by atoms with Gasteiger partial charge in [0.15, 0.2) is 0 Å². The largest absolute Gasteiger partial charge is 0.386 e. The van der Waals surface area contributed by atoms with Crippen molar-refractivity contribution in [2.45, 2.75) is 26.4 Å². The van der Waals surface area contributed by atoms with Gasteiger partial charge in [-0.3, -0.25) is 0 Å². The second-order valence-corrected chi connectivity index (χ2v) is 3.85. The van der Waals surface area contributed by atoms with Gasteiger partial charge in [0.25, 0.3) is 0 Å². The average Bonchev–Trinajstić information content (AvgIpc) is 2.03. The average molecular weight is 176 g/mol. The molecule has 0 fully saturated rings. The summed E-state index contributed by atoms with van der Waals surface area (Å²) in [6.45, 7) is 5.56. The number of rotatable bonds is 2. The molecule has 1 heteroatoms. The van der Waals surface area contributed by atoms with Gasteiger partial charge in [-0.2, -0.15) is 0 Å². The van der Waals surface area contributed by atoms with Crippen molar-refractivity contribution in [1.29, 1.82) is 0 Å².